The summed E-state index contributed by atoms with van der Waals surface area (Å²) in [7, 11) is 0. The Morgan fingerprint density at radius 3 is 2.13 bits per heavy atom. The molecule has 8 nitrogen and oxygen atoms in total. The molecule has 2 aliphatic rings. The molecule has 2 atom stereocenters. The molecule has 250 valence electrons. The third-order valence-corrected chi connectivity index (χ3v) is 10.6. The van der Waals surface area contributed by atoms with Crippen LogP contribution >= 0.6 is 0 Å². The number of rotatable bonds is 5. The minimum Gasteiger partial charge on any atom is -0.331 e. The Balaban J connectivity index is 1.40. The maximum Gasteiger partial charge on any atom is 0.238 e. The Labute approximate surface area is 304 Å². The summed E-state index contributed by atoms with van der Waals surface area (Å²) in [6, 6.07) is 42.7. The van der Waals surface area contributed by atoms with E-state index in [9.17, 15) is 0 Å². The van der Waals surface area contributed by atoms with Gasteiger partial charge in [-0.1, -0.05) is 109 Å². The Bertz CT molecular complexity index is 2890. The summed E-state index contributed by atoms with van der Waals surface area (Å²) in [5.74, 6) is 1.26. The second kappa shape index (κ2) is 11.7. The van der Waals surface area contributed by atoms with Crippen LogP contribution in [0.4, 0.5) is 11.4 Å². The number of hydrogen-bond acceptors (Lipinski definition) is 6. The highest BCUT2D eigenvalue weighted by molar-refractivity contribution is 6.25. The highest BCUT2D eigenvalue weighted by Crippen LogP contribution is 2.57. The molecule has 0 saturated heterocycles. The van der Waals surface area contributed by atoms with Gasteiger partial charge in [0, 0.05) is 57.1 Å². The molecule has 0 spiro atoms. The van der Waals surface area contributed by atoms with Crippen LogP contribution in [0.2, 0.25) is 0 Å². The van der Waals surface area contributed by atoms with Gasteiger partial charge in [-0.3, -0.25) is 9.55 Å². The number of pyridine rings is 1. The Morgan fingerprint density at radius 1 is 0.585 bits per heavy atom. The van der Waals surface area contributed by atoms with E-state index in [0.717, 1.165) is 72.4 Å². The normalized spacial score (nSPS) is 16.1. The van der Waals surface area contributed by atoms with E-state index in [1.807, 2.05) is 12.1 Å². The van der Waals surface area contributed by atoms with Gasteiger partial charge in [-0.05, 0) is 42.0 Å². The topological polar surface area (TPSA) is 77.5 Å². The molecule has 0 bridgehead atoms. The molecular weight excluding hydrogens is 653 g/mol. The van der Waals surface area contributed by atoms with Crippen molar-refractivity contribution in [3.05, 3.63) is 176 Å². The van der Waals surface area contributed by atoms with Crippen molar-refractivity contribution >= 4 is 44.2 Å². The van der Waals surface area contributed by atoms with Crippen LogP contribution in [-0.2, 0) is 0 Å². The lowest BCUT2D eigenvalue weighted by molar-refractivity contribution is 0.746. The van der Waals surface area contributed by atoms with Crippen LogP contribution in [0.15, 0.2) is 171 Å². The molecule has 0 amide bonds. The van der Waals surface area contributed by atoms with Gasteiger partial charge in [0.15, 0.2) is 0 Å². The number of allylic oxidation sites excluding steroid dienone is 2. The maximum absolute atomic E-state index is 5.61. The van der Waals surface area contributed by atoms with Gasteiger partial charge in [0.2, 0.25) is 5.95 Å². The Kier molecular flexibility index (Phi) is 6.51. The minimum atomic E-state index is -0.0121. The number of benzene rings is 5. The van der Waals surface area contributed by atoms with Crippen molar-refractivity contribution in [2.75, 3.05) is 4.90 Å². The average Bonchev–Trinajstić information content (AvgIpc) is 3.90. The lowest BCUT2D eigenvalue weighted by Crippen LogP contribution is -2.29. The fourth-order valence-electron chi connectivity index (χ4n) is 8.51. The number of fused-ring (bicyclic) bond motifs is 10. The SMILES string of the molecule is C1=CC2c3c(c4c(nc(-c5ccncc5)n4-c4ncncn4)c4c5ccccc5n(-c5ccccc5)c34)N(c3ccccc3-c3ccccc3)C2C=C1. The van der Waals surface area contributed by atoms with E-state index >= 15 is 0 Å². The second-order valence-electron chi connectivity index (χ2n) is 13.4. The summed E-state index contributed by atoms with van der Waals surface area (Å²) >= 11 is 0. The number of para-hydroxylation sites is 3. The summed E-state index contributed by atoms with van der Waals surface area (Å²) in [6.45, 7) is 0. The molecule has 0 fully saturated rings. The highest BCUT2D eigenvalue weighted by Gasteiger charge is 2.44. The number of hydrogen-bond donors (Lipinski definition) is 0. The smallest absolute Gasteiger partial charge is 0.238 e. The lowest BCUT2D eigenvalue weighted by Gasteiger charge is -2.31. The summed E-state index contributed by atoms with van der Waals surface area (Å²) < 4.78 is 4.56. The van der Waals surface area contributed by atoms with Crippen molar-refractivity contribution in [1.82, 2.24) is 34.1 Å². The number of aromatic nitrogens is 7. The monoisotopic (exact) mass is 682 g/mol. The zero-order valence-electron chi connectivity index (χ0n) is 28.4. The first kappa shape index (κ1) is 29.5. The van der Waals surface area contributed by atoms with Gasteiger partial charge in [0.1, 0.15) is 29.5 Å². The minimum absolute atomic E-state index is 0.0121. The Morgan fingerprint density at radius 2 is 1.30 bits per heavy atom. The zero-order valence-corrected chi connectivity index (χ0v) is 28.4. The number of nitrogens with zero attached hydrogens (tertiary/aromatic N) is 8. The molecule has 2 unspecified atom stereocenters. The van der Waals surface area contributed by atoms with Gasteiger partial charge < -0.3 is 9.47 Å². The zero-order chi connectivity index (χ0) is 34.9. The van der Waals surface area contributed by atoms with E-state index in [1.165, 1.54) is 5.56 Å². The van der Waals surface area contributed by atoms with Gasteiger partial charge >= 0.3 is 0 Å². The molecule has 4 aromatic heterocycles. The van der Waals surface area contributed by atoms with Crippen LogP contribution < -0.4 is 4.90 Å². The first-order chi connectivity index (χ1) is 26.4. The molecular formula is C45H30N8. The first-order valence-electron chi connectivity index (χ1n) is 17.7. The van der Waals surface area contributed by atoms with Gasteiger partial charge in [0.25, 0.3) is 0 Å². The van der Waals surface area contributed by atoms with Crippen LogP contribution in [0.1, 0.15) is 11.5 Å². The number of anilines is 2. The number of imidazole rings is 1. The van der Waals surface area contributed by atoms with E-state index in [-0.39, 0.29) is 12.0 Å². The summed E-state index contributed by atoms with van der Waals surface area (Å²) in [4.78, 5) is 26.2. The van der Waals surface area contributed by atoms with Gasteiger partial charge in [0.05, 0.1) is 22.8 Å². The lowest BCUT2D eigenvalue weighted by atomic mass is 9.89. The van der Waals surface area contributed by atoms with Crippen LogP contribution in [0, 0.1) is 0 Å². The maximum atomic E-state index is 5.61. The molecule has 9 aromatic rings. The van der Waals surface area contributed by atoms with Crippen molar-refractivity contribution in [3.8, 4) is 34.2 Å². The van der Waals surface area contributed by atoms with Crippen molar-refractivity contribution < 1.29 is 0 Å². The van der Waals surface area contributed by atoms with E-state index in [0.29, 0.717) is 5.95 Å². The molecule has 0 saturated carbocycles. The first-order valence-corrected chi connectivity index (χ1v) is 17.7. The summed E-state index contributed by atoms with van der Waals surface area (Å²) in [5, 5.41) is 2.23. The standard InChI is InChI=1S/C45H30N8/c1-3-13-29(14-4-1)32-17-7-10-20-35(32)52-37-22-12-9-19-34(37)39-41-38(33-18-8-11-21-36(33)51(41)31-15-5-2-6-16-31)40-43(42(39)52)53(45-48-27-47-28-49-45)44(50-40)30-23-25-46-26-24-30/h1-28,34,37H. The third-order valence-electron chi connectivity index (χ3n) is 10.6. The van der Waals surface area contributed by atoms with Crippen LogP contribution in [-0.4, -0.2) is 40.1 Å². The fourth-order valence-corrected chi connectivity index (χ4v) is 8.51. The highest BCUT2D eigenvalue weighted by atomic mass is 15.3. The third kappa shape index (κ3) is 4.32. The van der Waals surface area contributed by atoms with E-state index in [4.69, 9.17) is 15.0 Å². The predicted molar refractivity (Wildman–Crippen MR) is 211 cm³/mol. The van der Waals surface area contributed by atoms with Crippen molar-refractivity contribution in [2.45, 2.75) is 12.0 Å². The second-order valence-corrected chi connectivity index (χ2v) is 13.4. The quantitative estimate of drug-likeness (QED) is 0.180. The molecule has 53 heavy (non-hydrogen) atoms. The molecule has 11 rings (SSSR count). The molecule has 0 N–H and O–H groups in total. The molecule has 5 aromatic carbocycles. The predicted octanol–water partition coefficient (Wildman–Crippen LogP) is 9.77. The van der Waals surface area contributed by atoms with E-state index < -0.39 is 0 Å². The van der Waals surface area contributed by atoms with E-state index in [2.05, 4.69) is 158 Å². The van der Waals surface area contributed by atoms with Crippen molar-refractivity contribution in [3.63, 3.8) is 0 Å². The molecule has 1 aliphatic heterocycles. The van der Waals surface area contributed by atoms with Crippen LogP contribution in [0.25, 0.3) is 67.0 Å². The molecule has 1 aliphatic carbocycles. The van der Waals surface area contributed by atoms with Gasteiger partial charge in [-0.2, -0.15) is 0 Å². The van der Waals surface area contributed by atoms with Crippen molar-refractivity contribution in [2.24, 2.45) is 0 Å². The fraction of sp³-hybridized carbons (Fsp3) is 0.0444. The Hall–Kier alpha value is -7.19. The largest absolute Gasteiger partial charge is 0.331 e. The molecule has 8 heteroatoms. The van der Waals surface area contributed by atoms with Crippen molar-refractivity contribution in [1.29, 1.82) is 0 Å². The van der Waals surface area contributed by atoms with Crippen LogP contribution in [0.5, 0.6) is 0 Å². The van der Waals surface area contributed by atoms with Gasteiger partial charge in [-0.25, -0.2) is 19.9 Å². The molecule has 5 heterocycles. The van der Waals surface area contributed by atoms with Crippen LogP contribution in [0.3, 0.4) is 0 Å². The summed E-state index contributed by atoms with van der Waals surface area (Å²) in [5.41, 5.74) is 11.8. The van der Waals surface area contributed by atoms with Gasteiger partial charge in [-0.15, -0.1) is 0 Å². The van der Waals surface area contributed by atoms with E-state index in [1.54, 1.807) is 25.0 Å². The average molecular weight is 683 g/mol. The molecule has 0 radical (unpaired) electrons. The summed E-state index contributed by atoms with van der Waals surface area (Å²) in [6.07, 6.45) is 15.8.